The predicted octanol–water partition coefficient (Wildman–Crippen LogP) is 0.202. The van der Waals surface area contributed by atoms with Gasteiger partial charge in [-0.1, -0.05) is 30.3 Å². The number of sulfone groups is 1. The first-order chi connectivity index (χ1) is 9.38. The van der Waals surface area contributed by atoms with Crippen molar-refractivity contribution in [3.05, 3.63) is 35.9 Å². The van der Waals surface area contributed by atoms with Crippen molar-refractivity contribution >= 4 is 15.7 Å². The minimum absolute atomic E-state index is 0.0455. The van der Waals surface area contributed by atoms with Crippen molar-refractivity contribution in [3.8, 4) is 0 Å². The van der Waals surface area contributed by atoms with E-state index in [0.29, 0.717) is 13.1 Å². The van der Waals surface area contributed by atoms with Gasteiger partial charge in [0.2, 0.25) is 5.91 Å². The van der Waals surface area contributed by atoms with E-state index in [-0.39, 0.29) is 18.4 Å². The number of carbonyl (C=O) groups is 1. The average Bonchev–Trinajstić information content (AvgIpc) is 2.82. The lowest BCUT2D eigenvalue weighted by atomic mass is 10.1. The number of nitrogens with zero attached hydrogens (tertiary/aromatic N) is 1. The van der Waals surface area contributed by atoms with Crippen LogP contribution < -0.4 is 5.73 Å². The molecule has 0 unspecified atom stereocenters. The zero-order chi connectivity index (χ0) is 14.8. The number of amides is 1. The number of hydrogen-bond donors (Lipinski definition) is 1. The second kappa shape index (κ2) is 5.93. The van der Waals surface area contributed by atoms with Crippen molar-refractivity contribution in [2.24, 2.45) is 5.73 Å². The fraction of sp³-hybridized carbons (Fsp3) is 0.500. The molecule has 1 saturated heterocycles. The molecule has 0 spiro atoms. The monoisotopic (exact) mass is 296 g/mol. The van der Waals surface area contributed by atoms with Gasteiger partial charge in [-0.15, -0.1) is 0 Å². The molecule has 0 aromatic heterocycles. The maximum Gasteiger partial charge on any atom is 0.241 e. The minimum Gasteiger partial charge on any atom is -0.340 e. The molecule has 1 aliphatic rings. The Morgan fingerprint density at radius 2 is 2.05 bits per heavy atom. The van der Waals surface area contributed by atoms with Gasteiger partial charge in [0.25, 0.3) is 0 Å². The highest BCUT2D eigenvalue weighted by Crippen LogP contribution is 2.16. The Labute approximate surface area is 119 Å². The molecule has 2 N–H and O–H groups in total. The summed E-state index contributed by atoms with van der Waals surface area (Å²) in [6, 6.07) is 9.16. The molecule has 0 bridgehead atoms. The van der Waals surface area contributed by atoms with E-state index in [1.165, 1.54) is 0 Å². The Morgan fingerprint density at radius 1 is 1.40 bits per heavy atom. The van der Waals surface area contributed by atoms with Gasteiger partial charge < -0.3 is 10.6 Å². The van der Waals surface area contributed by atoms with Crippen molar-refractivity contribution in [1.82, 2.24) is 4.90 Å². The van der Waals surface area contributed by atoms with E-state index in [4.69, 9.17) is 5.73 Å². The molecule has 20 heavy (non-hydrogen) atoms. The molecular formula is C14H20N2O3S. The number of benzene rings is 1. The molecule has 0 aliphatic carbocycles. The Hall–Kier alpha value is -1.40. The van der Waals surface area contributed by atoms with Gasteiger partial charge in [0.1, 0.15) is 5.25 Å². The van der Waals surface area contributed by atoms with Crippen LogP contribution in [0.2, 0.25) is 0 Å². The lowest BCUT2D eigenvalue weighted by molar-refractivity contribution is -0.129. The summed E-state index contributed by atoms with van der Waals surface area (Å²) in [5.74, 6) is -0.329. The summed E-state index contributed by atoms with van der Waals surface area (Å²) in [6.07, 6.45) is 2.06. The normalized spacial score (nSPS) is 20.9. The minimum atomic E-state index is -3.45. The van der Waals surface area contributed by atoms with Gasteiger partial charge in [-0.2, -0.15) is 0 Å². The van der Waals surface area contributed by atoms with E-state index < -0.39 is 15.1 Å². The summed E-state index contributed by atoms with van der Waals surface area (Å²) < 4.78 is 23.9. The first-order valence-corrected chi connectivity index (χ1v) is 8.60. The standard InChI is InChI=1S/C14H20N2O3S/c1-20(18,19)13(9-11-5-3-2-4-6-11)14(17)16-8-7-12(15)10-16/h2-6,12-13H,7-10,15H2,1H3/t12-,13-/m1/s1. The summed E-state index contributed by atoms with van der Waals surface area (Å²) in [4.78, 5) is 14.0. The average molecular weight is 296 g/mol. The molecule has 1 heterocycles. The molecule has 5 nitrogen and oxygen atoms in total. The molecule has 1 aliphatic heterocycles. The van der Waals surface area contributed by atoms with Gasteiger partial charge in [0, 0.05) is 25.4 Å². The van der Waals surface area contributed by atoms with Crippen molar-refractivity contribution in [1.29, 1.82) is 0 Å². The molecule has 6 heteroatoms. The fourth-order valence-corrected chi connectivity index (χ4v) is 3.45. The number of nitrogens with two attached hydrogens (primary N) is 1. The molecule has 110 valence electrons. The first-order valence-electron chi connectivity index (χ1n) is 6.65. The van der Waals surface area contributed by atoms with Crippen LogP contribution in [0.5, 0.6) is 0 Å². The Bertz CT molecular complexity index is 571. The van der Waals surface area contributed by atoms with Crippen molar-refractivity contribution in [3.63, 3.8) is 0 Å². The van der Waals surface area contributed by atoms with Crippen LogP contribution in [0.1, 0.15) is 12.0 Å². The van der Waals surface area contributed by atoms with Crippen molar-refractivity contribution in [2.45, 2.75) is 24.1 Å². The molecule has 1 aromatic rings. The molecule has 1 fully saturated rings. The summed E-state index contributed by atoms with van der Waals surface area (Å²) in [6.45, 7) is 0.987. The van der Waals surface area contributed by atoms with E-state index in [2.05, 4.69) is 0 Å². The number of hydrogen-bond acceptors (Lipinski definition) is 4. The highest BCUT2D eigenvalue weighted by Gasteiger charge is 2.35. The van der Waals surface area contributed by atoms with Crippen LogP contribution in [0.25, 0.3) is 0 Å². The highest BCUT2D eigenvalue weighted by molar-refractivity contribution is 7.92. The van der Waals surface area contributed by atoms with Gasteiger partial charge in [0.05, 0.1) is 0 Å². The molecule has 0 radical (unpaired) electrons. The van der Waals surface area contributed by atoms with E-state index in [9.17, 15) is 13.2 Å². The summed E-state index contributed by atoms with van der Waals surface area (Å²) in [7, 11) is -3.45. The summed E-state index contributed by atoms with van der Waals surface area (Å²) in [5.41, 5.74) is 6.63. The fourth-order valence-electron chi connectivity index (χ4n) is 2.44. The van der Waals surface area contributed by atoms with E-state index >= 15 is 0 Å². The van der Waals surface area contributed by atoms with Gasteiger partial charge in [-0.25, -0.2) is 8.42 Å². The molecular weight excluding hydrogens is 276 g/mol. The largest absolute Gasteiger partial charge is 0.340 e. The molecule has 0 saturated carbocycles. The first kappa shape index (κ1) is 15.0. The Balaban J connectivity index is 2.18. The lowest BCUT2D eigenvalue weighted by Gasteiger charge is -2.22. The third kappa shape index (κ3) is 3.58. The third-order valence-corrected chi connectivity index (χ3v) is 4.99. The number of rotatable bonds is 4. The van der Waals surface area contributed by atoms with Crippen LogP contribution in [0.15, 0.2) is 30.3 Å². The van der Waals surface area contributed by atoms with Gasteiger partial charge >= 0.3 is 0 Å². The third-order valence-electron chi connectivity index (χ3n) is 3.59. The Kier molecular flexibility index (Phi) is 4.45. The van der Waals surface area contributed by atoms with Crippen LogP contribution in [0.3, 0.4) is 0 Å². The van der Waals surface area contributed by atoms with Crippen LogP contribution in [0.4, 0.5) is 0 Å². The predicted molar refractivity (Wildman–Crippen MR) is 78.0 cm³/mol. The second-order valence-corrected chi connectivity index (χ2v) is 7.57. The number of likely N-dealkylation sites (tertiary alicyclic amines) is 1. The SMILES string of the molecule is CS(=O)(=O)[C@H](Cc1ccccc1)C(=O)N1CC[C@@H](N)C1. The quantitative estimate of drug-likeness (QED) is 0.861. The molecule has 2 atom stereocenters. The Morgan fingerprint density at radius 3 is 2.55 bits per heavy atom. The van der Waals surface area contributed by atoms with Crippen LogP contribution >= 0.6 is 0 Å². The molecule has 1 amide bonds. The highest BCUT2D eigenvalue weighted by atomic mass is 32.2. The van der Waals surface area contributed by atoms with Crippen LogP contribution in [0, 0.1) is 0 Å². The molecule has 1 aromatic carbocycles. The summed E-state index contributed by atoms with van der Waals surface area (Å²) in [5, 5.41) is -1.02. The van der Waals surface area contributed by atoms with E-state index in [0.717, 1.165) is 18.2 Å². The van der Waals surface area contributed by atoms with Crippen LogP contribution in [-0.2, 0) is 21.1 Å². The maximum absolute atomic E-state index is 12.4. The second-order valence-electron chi connectivity index (χ2n) is 5.34. The van der Waals surface area contributed by atoms with Crippen molar-refractivity contribution < 1.29 is 13.2 Å². The number of carbonyl (C=O) groups excluding carboxylic acids is 1. The van der Waals surface area contributed by atoms with Gasteiger partial charge in [0.15, 0.2) is 9.84 Å². The maximum atomic E-state index is 12.4. The zero-order valence-corrected chi connectivity index (χ0v) is 12.3. The lowest BCUT2D eigenvalue weighted by Crippen LogP contribution is -2.43. The van der Waals surface area contributed by atoms with E-state index in [1.807, 2.05) is 30.3 Å². The van der Waals surface area contributed by atoms with Crippen LogP contribution in [-0.4, -0.2) is 49.9 Å². The molecule has 2 rings (SSSR count). The topological polar surface area (TPSA) is 80.5 Å². The summed E-state index contributed by atoms with van der Waals surface area (Å²) >= 11 is 0. The van der Waals surface area contributed by atoms with Crippen molar-refractivity contribution in [2.75, 3.05) is 19.3 Å². The zero-order valence-electron chi connectivity index (χ0n) is 11.5. The smallest absolute Gasteiger partial charge is 0.241 e. The van der Waals surface area contributed by atoms with E-state index in [1.54, 1.807) is 4.90 Å². The van der Waals surface area contributed by atoms with Gasteiger partial charge in [-0.3, -0.25) is 4.79 Å². The van der Waals surface area contributed by atoms with Gasteiger partial charge in [-0.05, 0) is 18.4 Å².